The highest BCUT2D eigenvalue weighted by molar-refractivity contribution is 7.22. The van der Waals surface area contributed by atoms with Crippen LogP contribution >= 0.6 is 34.5 Å². The molecule has 1 fully saturated rings. The molecule has 2 aromatic heterocycles. The lowest BCUT2D eigenvalue weighted by Gasteiger charge is -2.26. The van der Waals surface area contributed by atoms with Gasteiger partial charge in [0.2, 0.25) is 0 Å². The Hall–Kier alpha value is -2.42. The number of morpholine rings is 1. The van der Waals surface area contributed by atoms with Crippen LogP contribution in [0.4, 0.5) is 0 Å². The minimum atomic E-state index is -0.134. The zero-order chi connectivity index (χ0) is 23.5. The maximum atomic E-state index is 13.2. The summed E-state index contributed by atoms with van der Waals surface area (Å²) in [6.45, 7) is 5.07. The van der Waals surface area contributed by atoms with Crippen LogP contribution in [-0.2, 0) is 4.74 Å². The molecule has 5 rings (SSSR count). The van der Waals surface area contributed by atoms with Gasteiger partial charge in [-0.2, -0.15) is 0 Å². The number of hydrogen-bond acceptors (Lipinski definition) is 6. The van der Waals surface area contributed by atoms with E-state index in [1.54, 1.807) is 12.1 Å². The van der Waals surface area contributed by atoms with Gasteiger partial charge in [-0.1, -0.05) is 35.3 Å². The normalized spacial score (nSPS) is 14.5. The maximum absolute atomic E-state index is 13.2. The van der Waals surface area contributed by atoms with Gasteiger partial charge in [-0.25, -0.2) is 4.98 Å². The Kier molecular flexibility index (Phi) is 7.18. The monoisotopic (exact) mass is 515 g/mol. The molecule has 3 heterocycles. The average Bonchev–Trinajstić information content (AvgIpc) is 3.29. The lowest BCUT2D eigenvalue weighted by molar-refractivity contribution is 0.0358. The van der Waals surface area contributed by atoms with E-state index in [2.05, 4.69) is 9.88 Å². The van der Waals surface area contributed by atoms with Crippen molar-refractivity contribution in [3.63, 3.8) is 0 Å². The summed E-state index contributed by atoms with van der Waals surface area (Å²) in [6, 6.07) is 14.8. The molecule has 0 amide bonds. The second-order valence-electron chi connectivity index (χ2n) is 8.02. The Morgan fingerprint density at radius 1 is 1.06 bits per heavy atom. The fourth-order valence-electron chi connectivity index (χ4n) is 3.90. The molecule has 2 aromatic carbocycles. The van der Waals surface area contributed by atoms with Gasteiger partial charge in [-0.05, 0) is 48.4 Å². The minimum Gasteiger partial charge on any atom is -0.492 e. The smallest absolute Gasteiger partial charge is 0.275 e. The van der Waals surface area contributed by atoms with E-state index in [1.165, 1.54) is 22.2 Å². The molecule has 0 saturated carbocycles. The SMILES string of the molecule is O=c1c2sc(-c3ccc(Cl)cc3)cc2ncn1-c1ccc(OCCCN2CCOCC2)c(Cl)c1. The topological polar surface area (TPSA) is 56.6 Å². The number of ether oxygens (including phenoxy) is 2. The second-order valence-corrected chi connectivity index (χ2v) is 9.92. The maximum Gasteiger partial charge on any atom is 0.275 e. The highest BCUT2D eigenvalue weighted by Crippen LogP contribution is 2.32. The van der Waals surface area contributed by atoms with Crippen molar-refractivity contribution in [2.75, 3.05) is 39.5 Å². The summed E-state index contributed by atoms with van der Waals surface area (Å²) in [5.74, 6) is 0.607. The molecule has 0 N–H and O–H groups in total. The van der Waals surface area contributed by atoms with Crippen molar-refractivity contribution in [1.82, 2.24) is 14.5 Å². The fraction of sp³-hybridized carbons (Fsp3) is 0.280. The van der Waals surface area contributed by atoms with Gasteiger partial charge in [-0.3, -0.25) is 14.3 Å². The molecule has 0 aliphatic carbocycles. The van der Waals surface area contributed by atoms with E-state index in [0.29, 0.717) is 38.3 Å². The van der Waals surface area contributed by atoms with Crippen LogP contribution in [0.3, 0.4) is 0 Å². The number of thiophene rings is 1. The number of fused-ring (bicyclic) bond motifs is 1. The number of rotatable bonds is 7. The summed E-state index contributed by atoms with van der Waals surface area (Å²) in [7, 11) is 0. The third-order valence-electron chi connectivity index (χ3n) is 5.74. The van der Waals surface area contributed by atoms with Crippen molar-refractivity contribution in [1.29, 1.82) is 0 Å². The van der Waals surface area contributed by atoms with Crippen molar-refractivity contribution in [3.05, 3.63) is 75.3 Å². The highest BCUT2D eigenvalue weighted by atomic mass is 35.5. The third-order valence-corrected chi connectivity index (χ3v) is 7.45. The van der Waals surface area contributed by atoms with Crippen molar-refractivity contribution < 1.29 is 9.47 Å². The largest absolute Gasteiger partial charge is 0.492 e. The van der Waals surface area contributed by atoms with Crippen molar-refractivity contribution in [2.45, 2.75) is 6.42 Å². The summed E-state index contributed by atoms with van der Waals surface area (Å²) in [5, 5.41) is 1.13. The molecule has 4 aromatic rings. The molecule has 0 atom stereocenters. The van der Waals surface area contributed by atoms with Gasteiger partial charge < -0.3 is 9.47 Å². The Bertz CT molecular complexity index is 1350. The Morgan fingerprint density at radius 2 is 1.85 bits per heavy atom. The molecule has 0 radical (unpaired) electrons. The zero-order valence-corrected chi connectivity index (χ0v) is 20.7. The molecule has 0 bridgehead atoms. The van der Waals surface area contributed by atoms with Crippen LogP contribution in [-0.4, -0.2) is 53.9 Å². The first-order valence-electron chi connectivity index (χ1n) is 11.1. The number of nitrogens with zero attached hydrogens (tertiary/aromatic N) is 3. The van der Waals surface area contributed by atoms with Gasteiger partial charge in [0.15, 0.2) is 0 Å². The first-order valence-corrected chi connectivity index (χ1v) is 12.7. The molecule has 6 nitrogen and oxygen atoms in total. The van der Waals surface area contributed by atoms with E-state index < -0.39 is 0 Å². The van der Waals surface area contributed by atoms with Crippen molar-refractivity contribution in [3.8, 4) is 21.9 Å². The van der Waals surface area contributed by atoms with E-state index in [9.17, 15) is 4.79 Å². The van der Waals surface area contributed by atoms with E-state index in [0.717, 1.165) is 49.7 Å². The van der Waals surface area contributed by atoms with E-state index in [1.807, 2.05) is 36.4 Å². The van der Waals surface area contributed by atoms with E-state index >= 15 is 0 Å². The first-order chi connectivity index (χ1) is 16.6. The van der Waals surface area contributed by atoms with Gasteiger partial charge >= 0.3 is 0 Å². The number of halogens is 2. The Labute approximate surface area is 211 Å². The average molecular weight is 516 g/mol. The number of benzene rings is 2. The highest BCUT2D eigenvalue weighted by Gasteiger charge is 2.13. The van der Waals surface area contributed by atoms with E-state index in [-0.39, 0.29) is 5.56 Å². The van der Waals surface area contributed by atoms with Crippen molar-refractivity contribution >= 4 is 44.8 Å². The molecule has 1 aliphatic heterocycles. The fourth-order valence-corrected chi connectivity index (χ4v) is 5.31. The van der Waals surface area contributed by atoms with Gasteiger partial charge in [0.1, 0.15) is 16.8 Å². The van der Waals surface area contributed by atoms with E-state index in [4.69, 9.17) is 32.7 Å². The number of aromatic nitrogens is 2. The van der Waals surface area contributed by atoms with Crippen LogP contribution in [0.5, 0.6) is 5.75 Å². The predicted molar refractivity (Wildman–Crippen MR) is 138 cm³/mol. The molecular weight excluding hydrogens is 493 g/mol. The second kappa shape index (κ2) is 10.5. The van der Waals surface area contributed by atoms with Crippen LogP contribution in [0.2, 0.25) is 10.0 Å². The third kappa shape index (κ3) is 5.14. The van der Waals surface area contributed by atoms with Crippen molar-refractivity contribution in [2.24, 2.45) is 0 Å². The summed E-state index contributed by atoms with van der Waals surface area (Å²) >= 11 is 13.9. The summed E-state index contributed by atoms with van der Waals surface area (Å²) in [5.41, 5.74) is 2.18. The molecule has 1 saturated heterocycles. The van der Waals surface area contributed by atoms with Crippen LogP contribution < -0.4 is 10.3 Å². The van der Waals surface area contributed by atoms with Crippen LogP contribution in [0.1, 0.15) is 6.42 Å². The van der Waals surface area contributed by atoms with Crippen LogP contribution in [0, 0.1) is 0 Å². The standard InChI is InChI=1S/C25H23Cl2N3O3S/c26-18-4-2-17(3-5-18)23-15-21-24(34-23)25(31)30(16-28-21)19-6-7-22(20(27)14-19)33-11-1-8-29-9-12-32-13-10-29/h2-7,14-16H,1,8-13H2. The molecule has 176 valence electrons. The summed E-state index contributed by atoms with van der Waals surface area (Å²) < 4.78 is 13.4. The molecular formula is C25H23Cl2N3O3S. The Morgan fingerprint density at radius 3 is 2.62 bits per heavy atom. The van der Waals surface area contributed by atoms with Crippen LogP contribution in [0.25, 0.3) is 26.3 Å². The predicted octanol–water partition coefficient (Wildman–Crippen LogP) is 5.52. The lowest BCUT2D eigenvalue weighted by Crippen LogP contribution is -2.37. The molecule has 0 unspecified atom stereocenters. The minimum absolute atomic E-state index is 0.134. The van der Waals surface area contributed by atoms with Gasteiger partial charge in [0, 0.05) is 29.5 Å². The zero-order valence-electron chi connectivity index (χ0n) is 18.4. The lowest BCUT2D eigenvalue weighted by atomic mass is 10.2. The summed E-state index contributed by atoms with van der Waals surface area (Å²) in [4.78, 5) is 21.0. The molecule has 34 heavy (non-hydrogen) atoms. The first kappa shape index (κ1) is 23.3. The molecule has 0 spiro atoms. The van der Waals surface area contributed by atoms with Gasteiger partial charge in [0.25, 0.3) is 5.56 Å². The Balaban J connectivity index is 1.31. The summed E-state index contributed by atoms with van der Waals surface area (Å²) in [6.07, 6.45) is 2.45. The van der Waals surface area contributed by atoms with Gasteiger partial charge in [-0.15, -0.1) is 11.3 Å². The number of hydrogen-bond donors (Lipinski definition) is 0. The molecule has 1 aliphatic rings. The molecule has 9 heteroatoms. The van der Waals surface area contributed by atoms with Crippen LogP contribution in [0.15, 0.2) is 59.7 Å². The van der Waals surface area contributed by atoms with Gasteiger partial charge in [0.05, 0.1) is 36.0 Å². The quantitative estimate of drug-likeness (QED) is 0.303.